The number of rotatable bonds is 7. The molecule has 224 valence electrons. The van der Waals surface area contributed by atoms with Gasteiger partial charge in [-0.05, 0) is 55.4 Å². The summed E-state index contributed by atoms with van der Waals surface area (Å²) < 4.78 is 57.9. The van der Waals surface area contributed by atoms with E-state index in [1.807, 2.05) is 0 Å². The van der Waals surface area contributed by atoms with Crippen molar-refractivity contribution in [1.82, 2.24) is 14.9 Å². The van der Waals surface area contributed by atoms with Crippen LogP contribution in [0.2, 0.25) is 0 Å². The lowest BCUT2D eigenvalue weighted by molar-refractivity contribution is 0.0710. The second kappa shape index (κ2) is 11.5. The molecule has 3 aromatic rings. The molecular formula is C32H36F4N4O2. The molecule has 2 saturated carbocycles. The topological polar surface area (TPSA) is 67.2 Å². The van der Waals surface area contributed by atoms with E-state index in [9.17, 15) is 27.2 Å². The maximum absolute atomic E-state index is 15.0. The van der Waals surface area contributed by atoms with Gasteiger partial charge in [0, 0.05) is 38.3 Å². The second-order valence-electron chi connectivity index (χ2n) is 11.7. The minimum Gasteiger partial charge on any atom is -0.356 e. The zero-order valence-electron chi connectivity index (χ0n) is 23.8. The van der Waals surface area contributed by atoms with Crippen LogP contribution in [-0.2, 0) is 0 Å². The zero-order chi connectivity index (χ0) is 30.2. The summed E-state index contributed by atoms with van der Waals surface area (Å²) in [6.45, 7) is 9.12. The van der Waals surface area contributed by atoms with Gasteiger partial charge in [0.25, 0.3) is 11.8 Å². The highest BCUT2D eigenvalue weighted by atomic mass is 19.3. The Kier molecular flexibility index (Phi) is 8.18. The van der Waals surface area contributed by atoms with E-state index in [0.717, 1.165) is 37.7 Å². The Morgan fingerprint density at radius 1 is 1.14 bits per heavy atom. The third-order valence-electron chi connectivity index (χ3n) is 9.20. The van der Waals surface area contributed by atoms with Crippen LogP contribution in [0.5, 0.6) is 0 Å². The van der Waals surface area contributed by atoms with E-state index in [-0.39, 0.29) is 35.2 Å². The van der Waals surface area contributed by atoms with Crippen LogP contribution < -0.4 is 15.6 Å². The molecule has 1 amide bonds. The highest BCUT2D eigenvalue weighted by molar-refractivity contribution is 5.97. The molecule has 1 spiro atoms. The second-order valence-corrected chi connectivity index (χ2v) is 11.7. The molecule has 10 heteroatoms. The lowest BCUT2D eigenvalue weighted by Crippen LogP contribution is -2.31. The zero-order valence-corrected chi connectivity index (χ0v) is 23.8. The first-order valence-corrected chi connectivity index (χ1v) is 14.5. The quantitative estimate of drug-likeness (QED) is 0.250. The van der Waals surface area contributed by atoms with Gasteiger partial charge in [-0.1, -0.05) is 26.2 Å². The molecular weight excluding hydrogens is 548 g/mol. The monoisotopic (exact) mass is 584 g/mol. The number of halogens is 4. The number of amides is 1. The summed E-state index contributed by atoms with van der Waals surface area (Å²) in [6, 6.07) is 6.07. The van der Waals surface area contributed by atoms with Gasteiger partial charge in [0.15, 0.2) is 5.65 Å². The van der Waals surface area contributed by atoms with Crippen LogP contribution in [0.4, 0.5) is 23.4 Å². The molecule has 42 heavy (non-hydrogen) atoms. The molecule has 1 aromatic carbocycles. The van der Waals surface area contributed by atoms with Crippen molar-refractivity contribution in [3.8, 4) is 5.69 Å². The van der Waals surface area contributed by atoms with Gasteiger partial charge in [-0.25, -0.2) is 22.5 Å². The maximum atomic E-state index is 15.0. The molecule has 3 atom stereocenters. The third-order valence-corrected chi connectivity index (χ3v) is 9.20. The molecule has 0 radical (unpaired) electrons. The number of aromatic nitrogens is 2. The molecule has 0 bridgehead atoms. The van der Waals surface area contributed by atoms with Crippen LogP contribution in [0.3, 0.4) is 0 Å². The molecule has 2 aliphatic carbocycles. The van der Waals surface area contributed by atoms with Gasteiger partial charge in [-0.15, -0.1) is 13.2 Å². The summed E-state index contributed by atoms with van der Waals surface area (Å²) in [5.41, 5.74) is -1.83. The minimum atomic E-state index is -2.70. The highest BCUT2D eigenvalue weighted by Crippen LogP contribution is 2.65. The largest absolute Gasteiger partial charge is 0.356 e. The Hall–Kier alpha value is -3.69. The Morgan fingerprint density at radius 2 is 1.88 bits per heavy atom. The van der Waals surface area contributed by atoms with Crippen LogP contribution in [0.25, 0.3) is 16.7 Å². The Balaban J connectivity index is 0.00000173. The van der Waals surface area contributed by atoms with Gasteiger partial charge in [0.2, 0.25) is 5.43 Å². The van der Waals surface area contributed by atoms with Gasteiger partial charge in [-0.2, -0.15) is 0 Å². The van der Waals surface area contributed by atoms with Crippen molar-refractivity contribution in [3.63, 3.8) is 0 Å². The molecule has 3 heterocycles. The standard InChI is InChI=1S/C30H32F4N4O2.C2H4/c1-2-18-3-4-19(13-18)9-11-35-28(40)22-15-38(24-7-5-20(31)14-23(24)32)27-21(26(22)39)6-8-25(36-27)37-12-10-29(17-37)16-30(29,33)34;1-2/h5-8,14-15,18-19H,2-4,9-13,16-17H2,1H3,(H,35,40);1-2H2. The Bertz CT molecular complexity index is 1560. The van der Waals surface area contributed by atoms with E-state index >= 15 is 0 Å². The summed E-state index contributed by atoms with van der Waals surface area (Å²) in [7, 11) is 0. The van der Waals surface area contributed by atoms with Crippen molar-refractivity contribution >= 4 is 22.8 Å². The predicted octanol–water partition coefficient (Wildman–Crippen LogP) is 6.65. The van der Waals surface area contributed by atoms with Crippen molar-refractivity contribution < 1.29 is 22.4 Å². The highest BCUT2D eigenvalue weighted by Gasteiger charge is 2.72. The molecule has 2 aromatic heterocycles. The average Bonchev–Trinajstić information content (AvgIpc) is 3.34. The predicted molar refractivity (Wildman–Crippen MR) is 155 cm³/mol. The summed E-state index contributed by atoms with van der Waals surface area (Å²) in [4.78, 5) is 32.9. The van der Waals surface area contributed by atoms with E-state index in [4.69, 9.17) is 0 Å². The third kappa shape index (κ3) is 5.43. The Labute approximate surface area is 242 Å². The van der Waals surface area contributed by atoms with Gasteiger partial charge >= 0.3 is 0 Å². The number of nitrogens with zero attached hydrogens (tertiary/aromatic N) is 3. The van der Waals surface area contributed by atoms with Crippen molar-refractivity contribution in [1.29, 1.82) is 0 Å². The van der Waals surface area contributed by atoms with Crippen LogP contribution >= 0.6 is 0 Å². The number of hydrogen-bond acceptors (Lipinski definition) is 4. The van der Waals surface area contributed by atoms with Gasteiger partial charge in [0.1, 0.15) is 23.0 Å². The number of alkyl halides is 2. The number of carbonyl (C=O) groups is 1. The molecule has 1 saturated heterocycles. The number of nitrogens with one attached hydrogen (secondary N) is 1. The van der Waals surface area contributed by atoms with Crippen molar-refractivity contribution in [3.05, 3.63) is 77.1 Å². The minimum absolute atomic E-state index is 0.0598. The fourth-order valence-electron chi connectivity index (χ4n) is 6.58. The van der Waals surface area contributed by atoms with Crippen LogP contribution in [0.15, 0.2) is 54.5 Å². The molecule has 1 N–H and O–H groups in total. The van der Waals surface area contributed by atoms with Crippen molar-refractivity contribution in [2.24, 2.45) is 17.3 Å². The molecule has 3 unspecified atom stereocenters. The first-order valence-electron chi connectivity index (χ1n) is 14.5. The van der Waals surface area contributed by atoms with Crippen LogP contribution in [-0.4, -0.2) is 41.0 Å². The number of anilines is 1. The number of carbonyl (C=O) groups excluding carboxylic acids is 1. The summed E-state index contributed by atoms with van der Waals surface area (Å²) in [5.74, 6) is -3.30. The smallest absolute Gasteiger partial charge is 0.256 e. The number of pyridine rings is 2. The van der Waals surface area contributed by atoms with Gasteiger partial charge in [-0.3, -0.25) is 14.2 Å². The molecule has 6 nitrogen and oxygen atoms in total. The van der Waals surface area contributed by atoms with E-state index in [1.165, 1.54) is 29.3 Å². The van der Waals surface area contributed by atoms with Gasteiger partial charge in [0.05, 0.1) is 16.5 Å². The molecule has 3 fully saturated rings. The number of benzene rings is 1. The SMILES string of the molecule is C=C.CCC1CCC(CCNC(=O)c2cn(-c3ccc(F)cc3F)c3nc(N4CCC5(C4)CC5(F)F)ccc3c2=O)C1. The first-order chi connectivity index (χ1) is 20.1. The van der Waals surface area contributed by atoms with Gasteiger partial charge < -0.3 is 10.2 Å². The molecule has 6 rings (SSSR count). The normalized spacial score (nSPS) is 24.1. The maximum Gasteiger partial charge on any atom is 0.256 e. The van der Waals surface area contributed by atoms with E-state index in [1.54, 1.807) is 11.0 Å². The summed E-state index contributed by atoms with van der Waals surface area (Å²) in [6.07, 6.45) is 6.85. The molecule has 1 aliphatic heterocycles. The van der Waals surface area contributed by atoms with Crippen LogP contribution in [0.1, 0.15) is 62.2 Å². The lowest BCUT2D eigenvalue weighted by atomic mass is 10.0. The average molecular weight is 585 g/mol. The number of hydrogen-bond donors (Lipinski definition) is 1. The number of fused-ring (bicyclic) bond motifs is 1. The summed E-state index contributed by atoms with van der Waals surface area (Å²) in [5, 5.41) is 2.92. The lowest BCUT2D eigenvalue weighted by Gasteiger charge is -2.20. The fraction of sp³-hybridized carbons (Fsp3) is 0.469. The summed E-state index contributed by atoms with van der Waals surface area (Å²) >= 11 is 0. The van der Waals surface area contributed by atoms with Crippen LogP contribution in [0, 0.1) is 28.9 Å². The molecule has 3 aliphatic rings. The van der Waals surface area contributed by atoms with E-state index < -0.39 is 34.3 Å². The van der Waals surface area contributed by atoms with E-state index in [2.05, 4.69) is 30.4 Å². The Morgan fingerprint density at radius 3 is 2.52 bits per heavy atom. The fourth-order valence-corrected chi connectivity index (χ4v) is 6.58. The van der Waals surface area contributed by atoms with Crippen molar-refractivity contribution in [2.75, 3.05) is 24.5 Å². The van der Waals surface area contributed by atoms with E-state index in [0.29, 0.717) is 37.3 Å². The first kappa shape index (κ1) is 29.8. The van der Waals surface area contributed by atoms with Crippen molar-refractivity contribution in [2.45, 2.75) is 57.8 Å².